The zero-order chi connectivity index (χ0) is 24.1. The number of hydrazone groups is 2. The highest BCUT2D eigenvalue weighted by atomic mass is 16.5. The van der Waals surface area contributed by atoms with Gasteiger partial charge in [0.15, 0.2) is 17.2 Å². The Labute approximate surface area is 197 Å². The molecule has 0 saturated heterocycles. The van der Waals surface area contributed by atoms with E-state index in [4.69, 9.17) is 18.9 Å². The topological polar surface area (TPSA) is 103 Å². The molecular formula is C25H24N4O5. The van der Waals surface area contributed by atoms with Crippen LogP contribution < -0.4 is 29.8 Å². The highest BCUT2D eigenvalue weighted by molar-refractivity contribution is 6.72. The van der Waals surface area contributed by atoms with Gasteiger partial charge < -0.3 is 18.9 Å². The molecule has 2 N–H and O–H groups in total. The van der Waals surface area contributed by atoms with E-state index in [1.54, 1.807) is 19.2 Å². The third-order valence-corrected chi connectivity index (χ3v) is 5.23. The molecule has 34 heavy (non-hydrogen) atoms. The summed E-state index contributed by atoms with van der Waals surface area (Å²) in [6.45, 7) is 0. The van der Waals surface area contributed by atoms with Crippen molar-refractivity contribution in [2.75, 3.05) is 33.9 Å². The maximum atomic E-state index is 12.5. The fourth-order valence-electron chi connectivity index (χ4n) is 3.58. The monoisotopic (exact) mass is 460 g/mol. The molecule has 174 valence electrons. The Morgan fingerprint density at radius 2 is 1.47 bits per heavy atom. The summed E-state index contributed by atoms with van der Waals surface area (Å²) >= 11 is 0. The number of carbonyl (C=O) groups excluding carboxylic acids is 1. The van der Waals surface area contributed by atoms with Gasteiger partial charge in [0.05, 0.1) is 34.1 Å². The number of methoxy groups -OCH3 is 4. The van der Waals surface area contributed by atoms with Crippen LogP contribution in [0.5, 0.6) is 23.0 Å². The van der Waals surface area contributed by atoms with Crippen molar-refractivity contribution in [2.24, 2.45) is 10.2 Å². The van der Waals surface area contributed by atoms with Gasteiger partial charge >= 0.3 is 0 Å². The van der Waals surface area contributed by atoms with Gasteiger partial charge in [-0.15, -0.1) is 0 Å². The summed E-state index contributed by atoms with van der Waals surface area (Å²) in [6, 6.07) is 18.8. The van der Waals surface area contributed by atoms with Crippen LogP contribution in [0.2, 0.25) is 0 Å². The van der Waals surface area contributed by atoms with Gasteiger partial charge in [-0.05, 0) is 35.9 Å². The molecule has 0 saturated carbocycles. The molecule has 9 nitrogen and oxygen atoms in total. The maximum absolute atomic E-state index is 12.5. The standard InChI is InChI=1S/C25H24N4O5/c1-31-19-11-10-17(14-18(19)15-8-6-5-7-9-15)26-28-23-22(27-29-25(23)30)16-12-20(32-2)24(34-4)21(13-16)33-3/h5-14,26H,1-4H3,(H,28,29,30). The SMILES string of the molecule is COc1ccc(N/N=C2/C(=O)NN=C2c2cc(OC)c(OC)c(OC)c2)cc1-c1ccccc1. The third kappa shape index (κ3) is 4.36. The fraction of sp³-hybridized carbons (Fsp3) is 0.160. The number of hydrogen-bond donors (Lipinski definition) is 2. The lowest BCUT2D eigenvalue weighted by Gasteiger charge is -2.14. The number of anilines is 1. The average molecular weight is 460 g/mol. The van der Waals surface area contributed by atoms with Gasteiger partial charge in [0, 0.05) is 11.1 Å². The van der Waals surface area contributed by atoms with E-state index in [1.807, 2.05) is 48.5 Å². The molecule has 3 aromatic rings. The second-order valence-electron chi connectivity index (χ2n) is 7.17. The number of carbonyl (C=O) groups is 1. The van der Waals surface area contributed by atoms with Gasteiger partial charge in [0.2, 0.25) is 5.75 Å². The Morgan fingerprint density at radius 1 is 0.794 bits per heavy atom. The number of ether oxygens (including phenoxy) is 4. The van der Waals surface area contributed by atoms with Crippen molar-refractivity contribution in [3.8, 4) is 34.1 Å². The first-order chi connectivity index (χ1) is 16.6. The molecule has 1 aliphatic rings. The minimum atomic E-state index is -0.437. The molecule has 1 heterocycles. The van der Waals surface area contributed by atoms with Crippen molar-refractivity contribution < 1.29 is 23.7 Å². The first-order valence-electron chi connectivity index (χ1n) is 10.4. The van der Waals surface area contributed by atoms with Gasteiger partial charge in [0.1, 0.15) is 11.5 Å². The van der Waals surface area contributed by atoms with Crippen LogP contribution in [-0.4, -0.2) is 45.8 Å². The second-order valence-corrected chi connectivity index (χ2v) is 7.17. The minimum Gasteiger partial charge on any atom is -0.496 e. The van der Waals surface area contributed by atoms with E-state index in [2.05, 4.69) is 21.1 Å². The number of benzene rings is 3. The molecular weight excluding hydrogens is 436 g/mol. The summed E-state index contributed by atoms with van der Waals surface area (Å²) < 4.78 is 21.7. The predicted molar refractivity (Wildman–Crippen MR) is 130 cm³/mol. The van der Waals surface area contributed by atoms with Crippen LogP contribution in [0, 0.1) is 0 Å². The lowest BCUT2D eigenvalue weighted by molar-refractivity contribution is -0.114. The molecule has 0 radical (unpaired) electrons. The predicted octanol–water partition coefficient (Wildman–Crippen LogP) is 3.69. The summed E-state index contributed by atoms with van der Waals surface area (Å²) in [6.07, 6.45) is 0. The quantitative estimate of drug-likeness (QED) is 0.497. The highest BCUT2D eigenvalue weighted by Crippen LogP contribution is 2.38. The molecule has 0 spiro atoms. The van der Waals surface area contributed by atoms with E-state index >= 15 is 0 Å². The van der Waals surface area contributed by atoms with E-state index in [-0.39, 0.29) is 5.71 Å². The normalized spacial score (nSPS) is 13.8. The van der Waals surface area contributed by atoms with Crippen LogP contribution in [-0.2, 0) is 4.79 Å². The Morgan fingerprint density at radius 3 is 2.09 bits per heavy atom. The number of amides is 1. The van der Waals surface area contributed by atoms with Gasteiger partial charge in [-0.25, -0.2) is 5.43 Å². The lowest BCUT2D eigenvalue weighted by atomic mass is 10.0. The Bertz CT molecular complexity index is 1250. The lowest BCUT2D eigenvalue weighted by Crippen LogP contribution is -2.25. The Balaban J connectivity index is 1.67. The highest BCUT2D eigenvalue weighted by Gasteiger charge is 2.28. The molecule has 0 atom stereocenters. The molecule has 3 aromatic carbocycles. The van der Waals surface area contributed by atoms with Crippen molar-refractivity contribution in [2.45, 2.75) is 0 Å². The Kier molecular flexibility index (Phi) is 6.63. The zero-order valence-electron chi connectivity index (χ0n) is 19.2. The van der Waals surface area contributed by atoms with E-state index in [1.165, 1.54) is 21.3 Å². The van der Waals surface area contributed by atoms with Gasteiger partial charge in [-0.2, -0.15) is 10.2 Å². The average Bonchev–Trinajstić information content (AvgIpc) is 3.26. The number of rotatable bonds is 8. The molecule has 0 fully saturated rings. The van der Waals surface area contributed by atoms with Crippen LogP contribution in [0.25, 0.3) is 11.1 Å². The van der Waals surface area contributed by atoms with E-state index in [0.29, 0.717) is 34.2 Å². The van der Waals surface area contributed by atoms with Crippen molar-refractivity contribution >= 4 is 23.0 Å². The van der Waals surface area contributed by atoms with Gasteiger partial charge in [-0.3, -0.25) is 10.2 Å². The van der Waals surface area contributed by atoms with E-state index in [9.17, 15) is 4.79 Å². The molecule has 0 aromatic heterocycles. The molecule has 1 amide bonds. The third-order valence-electron chi connectivity index (χ3n) is 5.23. The summed E-state index contributed by atoms with van der Waals surface area (Å²) in [5.41, 5.74) is 9.02. The van der Waals surface area contributed by atoms with Crippen molar-refractivity contribution in [3.63, 3.8) is 0 Å². The van der Waals surface area contributed by atoms with E-state index < -0.39 is 5.91 Å². The zero-order valence-corrected chi connectivity index (χ0v) is 19.2. The Hall–Kier alpha value is -4.53. The number of hydrogen-bond acceptors (Lipinski definition) is 8. The molecule has 9 heteroatoms. The molecule has 4 rings (SSSR count). The van der Waals surface area contributed by atoms with Gasteiger partial charge in [-0.1, -0.05) is 30.3 Å². The van der Waals surface area contributed by atoms with Crippen LogP contribution >= 0.6 is 0 Å². The van der Waals surface area contributed by atoms with Crippen LogP contribution in [0.4, 0.5) is 5.69 Å². The maximum Gasteiger partial charge on any atom is 0.294 e. The van der Waals surface area contributed by atoms with Crippen molar-refractivity contribution in [1.82, 2.24) is 5.43 Å². The van der Waals surface area contributed by atoms with Crippen LogP contribution in [0.3, 0.4) is 0 Å². The van der Waals surface area contributed by atoms with Gasteiger partial charge in [0.25, 0.3) is 5.91 Å². The molecule has 1 aliphatic heterocycles. The number of nitrogens with one attached hydrogen (secondary N) is 2. The van der Waals surface area contributed by atoms with Crippen LogP contribution in [0.1, 0.15) is 5.56 Å². The fourth-order valence-corrected chi connectivity index (χ4v) is 3.58. The smallest absolute Gasteiger partial charge is 0.294 e. The van der Waals surface area contributed by atoms with Crippen molar-refractivity contribution in [1.29, 1.82) is 0 Å². The summed E-state index contributed by atoms with van der Waals surface area (Å²) in [5, 5.41) is 8.50. The van der Waals surface area contributed by atoms with Crippen LogP contribution in [0.15, 0.2) is 70.9 Å². The second kappa shape index (κ2) is 9.95. The molecule has 0 bridgehead atoms. The minimum absolute atomic E-state index is 0.117. The summed E-state index contributed by atoms with van der Waals surface area (Å²) in [5.74, 6) is 1.60. The molecule has 0 unspecified atom stereocenters. The van der Waals surface area contributed by atoms with Crippen molar-refractivity contribution in [3.05, 3.63) is 66.2 Å². The summed E-state index contributed by atoms with van der Waals surface area (Å²) in [7, 11) is 6.18. The number of nitrogens with zero attached hydrogens (tertiary/aromatic N) is 2. The first kappa shape index (κ1) is 22.7. The van der Waals surface area contributed by atoms with E-state index in [0.717, 1.165) is 16.9 Å². The summed E-state index contributed by atoms with van der Waals surface area (Å²) in [4.78, 5) is 12.5. The largest absolute Gasteiger partial charge is 0.496 e. The molecule has 0 aliphatic carbocycles. The first-order valence-corrected chi connectivity index (χ1v) is 10.4.